The number of carbonyl (C=O) groups excluding carboxylic acids is 2. The minimum atomic E-state index is -5.04. The number of para-hydroxylation sites is 1. The summed E-state index contributed by atoms with van der Waals surface area (Å²) < 4.78 is 45.7. The number of amides is 1. The van der Waals surface area contributed by atoms with E-state index in [1.54, 1.807) is 24.3 Å². The first-order valence-electron chi connectivity index (χ1n) is 10.9. The van der Waals surface area contributed by atoms with Crippen LogP contribution in [0.5, 0.6) is 0 Å². The van der Waals surface area contributed by atoms with Crippen LogP contribution in [0.3, 0.4) is 0 Å². The average Bonchev–Trinajstić information content (AvgIpc) is 3.16. The SMILES string of the molecule is C=C[C@@H](C/C(=N/OS(=O)(=O)O)S[C@@H]1O[C@H](CO)[C@@H](O)[C@H](O)[C@H]1O)OC(=O)CC1C(=O)Nc2ccccc21. The molecule has 1 saturated heterocycles. The highest BCUT2D eigenvalue weighted by atomic mass is 32.3. The molecule has 3 rings (SSSR count). The summed E-state index contributed by atoms with van der Waals surface area (Å²) in [5.74, 6) is -1.95. The summed E-state index contributed by atoms with van der Waals surface area (Å²) in [6, 6.07) is 6.85. The first-order chi connectivity index (χ1) is 17.4. The van der Waals surface area contributed by atoms with E-state index >= 15 is 0 Å². The third kappa shape index (κ3) is 7.48. The second kappa shape index (κ2) is 12.3. The maximum Gasteiger partial charge on any atom is 0.466 e. The molecule has 204 valence electrons. The molecule has 14 nitrogen and oxygen atoms in total. The molecule has 16 heteroatoms. The van der Waals surface area contributed by atoms with Gasteiger partial charge in [-0.2, -0.15) is 8.42 Å². The van der Waals surface area contributed by atoms with Crippen LogP contribution in [0.2, 0.25) is 0 Å². The molecule has 0 bridgehead atoms. The lowest BCUT2D eigenvalue weighted by atomic mass is 9.97. The van der Waals surface area contributed by atoms with E-state index in [0.717, 1.165) is 0 Å². The van der Waals surface area contributed by atoms with E-state index < -0.39 is 64.8 Å². The Bertz CT molecular complexity index is 1140. The Labute approximate surface area is 215 Å². The molecule has 0 radical (unpaired) electrons. The number of hydrogen-bond donors (Lipinski definition) is 6. The largest absolute Gasteiger partial charge is 0.466 e. The molecule has 1 amide bonds. The summed E-state index contributed by atoms with van der Waals surface area (Å²) >= 11 is 0.526. The van der Waals surface area contributed by atoms with E-state index in [1.807, 2.05) is 0 Å². The predicted molar refractivity (Wildman–Crippen MR) is 129 cm³/mol. The Morgan fingerprint density at radius 1 is 1.24 bits per heavy atom. The third-order valence-corrected chi connectivity index (χ3v) is 6.94. The molecule has 37 heavy (non-hydrogen) atoms. The standard InChI is InChI=1S/C21H26N2O12S2/c1-2-10(33-16(25)8-12-11-5-3-4-6-13(11)22-20(12)29)7-15(23-35-37(30,31)32)36-21-19(28)18(27)17(26)14(9-24)34-21/h2-6,10,12,14,17-19,21,24,26-28H,1,7-9H2,(H,22,29)(H,30,31,32)/b23-15-/t10-,12?,14+,17+,18-,19+,21-/m0/s1. The van der Waals surface area contributed by atoms with Crippen molar-refractivity contribution >= 4 is 44.8 Å². The quantitative estimate of drug-likeness (QED) is 0.0517. The predicted octanol–water partition coefficient (Wildman–Crippen LogP) is -0.734. The fourth-order valence-electron chi connectivity index (χ4n) is 3.70. The zero-order valence-electron chi connectivity index (χ0n) is 19.1. The molecular formula is C21H26N2O12S2. The number of carbonyl (C=O) groups is 2. The summed E-state index contributed by atoms with van der Waals surface area (Å²) in [6.45, 7) is 2.84. The zero-order valence-corrected chi connectivity index (χ0v) is 20.7. The van der Waals surface area contributed by atoms with Crippen LogP contribution >= 0.6 is 11.8 Å². The summed E-state index contributed by atoms with van der Waals surface area (Å²) in [5, 5.41) is 45.2. The summed E-state index contributed by atoms with van der Waals surface area (Å²) in [6.07, 6.45) is -6.94. The molecule has 1 aromatic carbocycles. The lowest BCUT2D eigenvalue weighted by Crippen LogP contribution is -2.57. The molecule has 0 saturated carbocycles. The van der Waals surface area contributed by atoms with Crippen molar-refractivity contribution in [3.05, 3.63) is 42.5 Å². The van der Waals surface area contributed by atoms with Crippen LogP contribution < -0.4 is 5.32 Å². The number of oxime groups is 1. The summed E-state index contributed by atoms with van der Waals surface area (Å²) in [5.41, 5.74) is -0.168. The van der Waals surface area contributed by atoms with E-state index in [0.29, 0.717) is 23.0 Å². The zero-order chi connectivity index (χ0) is 27.3. The van der Waals surface area contributed by atoms with Crippen LogP contribution in [0.1, 0.15) is 24.3 Å². The van der Waals surface area contributed by atoms with Crippen LogP contribution in [0, 0.1) is 0 Å². The van der Waals surface area contributed by atoms with Crippen molar-refractivity contribution in [2.24, 2.45) is 5.16 Å². The number of aliphatic hydroxyl groups excluding tert-OH is 4. The number of fused-ring (bicyclic) bond motifs is 1. The normalized spacial score (nSPS) is 28.7. The molecule has 0 aliphatic carbocycles. The molecule has 6 N–H and O–H groups in total. The van der Waals surface area contributed by atoms with Gasteiger partial charge >= 0.3 is 16.4 Å². The maximum atomic E-state index is 12.6. The third-order valence-electron chi connectivity index (χ3n) is 5.54. The van der Waals surface area contributed by atoms with Crippen LogP contribution in [0.25, 0.3) is 0 Å². The van der Waals surface area contributed by atoms with Gasteiger partial charge in [-0.1, -0.05) is 47.8 Å². The van der Waals surface area contributed by atoms with Gasteiger partial charge in [0.15, 0.2) is 0 Å². The van der Waals surface area contributed by atoms with Crippen molar-refractivity contribution in [1.29, 1.82) is 0 Å². The van der Waals surface area contributed by atoms with Crippen molar-refractivity contribution in [2.75, 3.05) is 11.9 Å². The first kappa shape index (κ1) is 29.0. The minimum Gasteiger partial charge on any atom is -0.458 e. The van der Waals surface area contributed by atoms with Gasteiger partial charge in [-0.05, 0) is 11.6 Å². The van der Waals surface area contributed by atoms with Gasteiger partial charge in [0.25, 0.3) is 0 Å². The van der Waals surface area contributed by atoms with Gasteiger partial charge in [-0.3, -0.25) is 14.1 Å². The van der Waals surface area contributed by atoms with Gasteiger partial charge < -0.3 is 35.2 Å². The molecule has 1 fully saturated rings. The Morgan fingerprint density at radius 2 is 1.95 bits per heavy atom. The molecule has 1 unspecified atom stereocenters. The fraction of sp³-hybridized carbons (Fsp3) is 0.476. The van der Waals surface area contributed by atoms with Gasteiger partial charge in [-0.25, -0.2) is 4.28 Å². The minimum absolute atomic E-state index is 0.288. The highest BCUT2D eigenvalue weighted by Gasteiger charge is 2.44. The number of esters is 1. The smallest absolute Gasteiger partial charge is 0.458 e. The van der Waals surface area contributed by atoms with Crippen LogP contribution in [0.4, 0.5) is 5.69 Å². The molecule has 2 heterocycles. The molecule has 0 aromatic heterocycles. The van der Waals surface area contributed by atoms with Crippen LogP contribution in [-0.4, -0.2) is 92.9 Å². The van der Waals surface area contributed by atoms with Gasteiger partial charge in [-0.15, -0.1) is 0 Å². The molecule has 2 aliphatic heterocycles. The highest BCUT2D eigenvalue weighted by Crippen LogP contribution is 2.35. The summed E-state index contributed by atoms with van der Waals surface area (Å²) in [4.78, 5) is 24.9. The van der Waals surface area contributed by atoms with Crippen molar-refractivity contribution in [2.45, 2.75) is 54.7 Å². The molecule has 2 aliphatic rings. The van der Waals surface area contributed by atoms with Gasteiger partial charge in [0.05, 0.1) is 18.9 Å². The van der Waals surface area contributed by atoms with Crippen molar-refractivity contribution in [3.8, 4) is 0 Å². The Hall–Kier alpha value is -2.57. The monoisotopic (exact) mass is 562 g/mol. The lowest BCUT2D eigenvalue weighted by molar-refractivity contribution is -0.205. The van der Waals surface area contributed by atoms with E-state index in [9.17, 15) is 38.4 Å². The number of aliphatic hydroxyl groups is 4. The van der Waals surface area contributed by atoms with Gasteiger partial charge in [0.1, 0.15) is 41.0 Å². The van der Waals surface area contributed by atoms with E-state index in [2.05, 4.69) is 21.3 Å². The molecule has 7 atom stereocenters. The van der Waals surface area contributed by atoms with E-state index in [-0.39, 0.29) is 23.8 Å². The number of rotatable bonds is 10. The van der Waals surface area contributed by atoms with E-state index in [4.69, 9.17) is 14.0 Å². The van der Waals surface area contributed by atoms with E-state index in [1.165, 1.54) is 6.08 Å². The van der Waals surface area contributed by atoms with Crippen molar-refractivity contribution in [1.82, 2.24) is 0 Å². The topological polar surface area (TPSA) is 222 Å². The van der Waals surface area contributed by atoms with Gasteiger partial charge in [0.2, 0.25) is 5.91 Å². The molecular weight excluding hydrogens is 536 g/mol. The lowest BCUT2D eigenvalue weighted by Gasteiger charge is -2.39. The average molecular weight is 563 g/mol. The van der Waals surface area contributed by atoms with Crippen molar-refractivity contribution in [3.63, 3.8) is 0 Å². The maximum absolute atomic E-state index is 12.6. The Balaban J connectivity index is 1.71. The summed E-state index contributed by atoms with van der Waals surface area (Å²) in [7, 11) is -5.04. The first-order valence-corrected chi connectivity index (χ1v) is 13.1. The van der Waals surface area contributed by atoms with Gasteiger partial charge in [0, 0.05) is 12.1 Å². The van der Waals surface area contributed by atoms with Crippen LogP contribution in [0.15, 0.2) is 42.1 Å². The number of thioether (sulfide) groups is 1. The number of hydrogen-bond acceptors (Lipinski definition) is 13. The molecule has 1 aromatic rings. The number of anilines is 1. The second-order valence-corrected chi connectivity index (χ2v) is 10.3. The van der Waals surface area contributed by atoms with Crippen molar-refractivity contribution < 1.29 is 56.7 Å². The Kier molecular flexibility index (Phi) is 9.65. The number of ether oxygens (including phenoxy) is 2. The highest BCUT2D eigenvalue weighted by molar-refractivity contribution is 8.14. The second-order valence-electron chi connectivity index (χ2n) is 8.10. The Morgan fingerprint density at radius 3 is 2.59 bits per heavy atom. The molecule has 0 spiro atoms. The fourth-order valence-corrected chi connectivity index (χ4v) is 5.04. The number of nitrogens with one attached hydrogen (secondary N) is 1. The number of benzene rings is 1. The number of nitrogens with zero attached hydrogens (tertiary/aromatic N) is 1. The van der Waals surface area contributed by atoms with Crippen LogP contribution in [-0.2, 0) is 33.7 Å².